The molecule has 2 amide bonds. The molecule has 1 aliphatic rings. The van der Waals surface area contributed by atoms with Gasteiger partial charge in [-0.3, -0.25) is 9.59 Å². The molecule has 27 heavy (non-hydrogen) atoms. The van der Waals surface area contributed by atoms with Crippen molar-refractivity contribution in [3.63, 3.8) is 0 Å². The van der Waals surface area contributed by atoms with Crippen LogP contribution in [0.4, 0.5) is 11.4 Å². The Bertz CT molecular complexity index is 796. The summed E-state index contributed by atoms with van der Waals surface area (Å²) in [6.07, 6.45) is 0. The van der Waals surface area contributed by atoms with Crippen LogP contribution in [-0.2, 0) is 16.1 Å². The molecular weight excluding hydrogens is 340 g/mol. The molecule has 142 valence electrons. The maximum Gasteiger partial charge on any atom is 0.313 e. The zero-order valence-corrected chi connectivity index (χ0v) is 15.9. The van der Waals surface area contributed by atoms with Crippen LogP contribution in [0.25, 0.3) is 0 Å². The molecule has 0 spiro atoms. The summed E-state index contributed by atoms with van der Waals surface area (Å²) in [7, 11) is 2.12. The molecule has 2 aromatic carbocycles. The van der Waals surface area contributed by atoms with Crippen molar-refractivity contribution in [1.29, 1.82) is 0 Å². The molecule has 6 nitrogen and oxygen atoms in total. The van der Waals surface area contributed by atoms with E-state index in [1.165, 1.54) is 0 Å². The van der Waals surface area contributed by atoms with Crippen molar-refractivity contribution >= 4 is 23.2 Å². The van der Waals surface area contributed by atoms with Crippen LogP contribution < -0.4 is 15.5 Å². The van der Waals surface area contributed by atoms with Crippen LogP contribution in [0, 0.1) is 6.92 Å². The molecule has 2 aromatic rings. The highest BCUT2D eigenvalue weighted by atomic mass is 16.2. The largest absolute Gasteiger partial charge is 0.369 e. The molecule has 3 rings (SSSR count). The molecule has 1 aliphatic heterocycles. The van der Waals surface area contributed by atoms with Crippen molar-refractivity contribution < 1.29 is 9.59 Å². The number of nitrogens with one attached hydrogen (secondary N) is 2. The topological polar surface area (TPSA) is 64.7 Å². The van der Waals surface area contributed by atoms with Crippen LogP contribution in [0.2, 0.25) is 0 Å². The number of likely N-dealkylation sites (N-methyl/N-ethyl adjacent to an activating group) is 1. The quantitative estimate of drug-likeness (QED) is 0.813. The predicted molar refractivity (Wildman–Crippen MR) is 108 cm³/mol. The summed E-state index contributed by atoms with van der Waals surface area (Å²) < 4.78 is 0. The Labute approximate surface area is 160 Å². The second-order valence-corrected chi connectivity index (χ2v) is 6.96. The van der Waals surface area contributed by atoms with E-state index in [9.17, 15) is 9.59 Å². The number of amides is 2. The van der Waals surface area contributed by atoms with Crippen LogP contribution in [0.3, 0.4) is 0 Å². The van der Waals surface area contributed by atoms with Crippen LogP contribution in [0.1, 0.15) is 11.1 Å². The Hall–Kier alpha value is -2.86. The lowest BCUT2D eigenvalue weighted by atomic mass is 10.1. The van der Waals surface area contributed by atoms with Gasteiger partial charge in [-0.1, -0.05) is 29.8 Å². The molecule has 0 aromatic heterocycles. The number of hydrogen-bond acceptors (Lipinski definition) is 4. The maximum absolute atomic E-state index is 12.1. The minimum atomic E-state index is -0.657. The lowest BCUT2D eigenvalue weighted by Crippen LogP contribution is -2.44. The fraction of sp³-hybridized carbons (Fsp3) is 0.333. The van der Waals surface area contributed by atoms with Crippen molar-refractivity contribution in [2.24, 2.45) is 0 Å². The third-order valence-electron chi connectivity index (χ3n) is 4.74. The van der Waals surface area contributed by atoms with E-state index in [2.05, 4.69) is 27.5 Å². The van der Waals surface area contributed by atoms with E-state index in [0.717, 1.165) is 43.0 Å². The number of nitrogens with zero attached hydrogens (tertiary/aromatic N) is 2. The van der Waals surface area contributed by atoms with Gasteiger partial charge < -0.3 is 20.4 Å². The van der Waals surface area contributed by atoms with Gasteiger partial charge in [0.05, 0.1) is 0 Å². The molecule has 1 saturated heterocycles. The molecule has 0 bridgehead atoms. The number of carbonyl (C=O) groups excluding carboxylic acids is 2. The van der Waals surface area contributed by atoms with Crippen molar-refractivity contribution in [3.8, 4) is 0 Å². The van der Waals surface area contributed by atoms with Gasteiger partial charge >= 0.3 is 11.8 Å². The number of anilines is 2. The third-order valence-corrected chi connectivity index (χ3v) is 4.74. The highest BCUT2D eigenvalue weighted by molar-refractivity contribution is 6.39. The van der Waals surface area contributed by atoms with Crippen molar-refractivity contribution in [1.82, 2.24) is 10.2 Å². The first-order valence-corrected chi connectivity index (χ1v) is 9.19. The fourth-order valence-electron chi connectivity index (χ4n) is 3.09. The highest BCUT2D eigenvalue weighted by Crippen LogP contribution is 2.19. The molecule has 2 N–H and O–H groups in total. The summed E-state index contributed by atoms with van der Waals surface area (Å²) in [5.74, 6) is -1.30. The molecule has 0 unspecified atom stereocenters. The zero-order chi connectivity index (χ0) is 19.2. The van der Waals surface area contributed by atoms with Gasteiger partial charge in [0, 0.05) is 44.1 Å². The number of aryl methyl sites for hydroxylation is 1. The first kappa shape index (κ1) is 18.9. The van der Waals surface area contributed by atoms with Crippen molar-refractivity contribution in [2.75, 3.05) is 43.4 Å². The molecule has 0 saturated carbocycles. The average molecular weight is 366 g/mol. The van der Waals surface area contributed by atoms with Crippen molar-refractivity contribution in [2.45, 2.75) is 13.5 Å². The van der Waals surface area contributed by atoms with E-state index < -0.39 is 11.8 Å². The number of rotatable bonds is 4. The van der Waals surface area contributed by atoms with Crippen LogP contribution >= 0.6 is 0 Å². The van der Waals surface area contributed by atoms with Gasteiger partial charge in [0.1, 0.15) is 0 Å². The summed E-state index contributed by atoms with van der Waals surface area (Å²) in [6.45, 7) is 6.38. The molecule has 6 heteroatoms. The Morgan fingerprint density at radius 1 is 0.963 bits per heavy atom. The smallest absolute Gasteiger partial charge is 0.313 e. The van der Waals surface area contributed by atoms with E-state index in [4.69, 9.17) is 0 Å². The van der Waals surface area contributed by atoms with Gasteiger partial charge in [-0.2, -0.15) is 0 Å². The second kappa shape index (κ2) is 8.68. The lowest BCUT2D eigenvalue weighted by Gasteiger charge is -2.34. The van der Waals surface area contributed by atoms with Crippen LogP contribution in [0.5, 0.6) is 0 Å². The van der Waals surface area contributed by atoms with Gasteiger partial charge in [-0.15, -0.1) is 0 Å². The fourth-order valence-corrected chi connectivity index (χ4v) is 3.09. The molecule has 1 fully saturated rings. The third kappa shape index (κ3) is 5.31. The predicted octanol–water partition coefficient (Wildman–Crippen LogP) is 2.00. The minimum Gasteiger partial charge on any atom is -0.369 e. The summed E-state index contributed by atoms with van der Waals surface area (Å²) in [5.41, 5.74) is 3.83. The second-order valence-electron chi connectivity index (χ2n) is 6.96. The number of piperazine rings is 1. The van der Waals surface area contributed by atoms with Gasteiger partial charge in [-0.25, -0.2) is 0 Å². The Morgan fingerprint density at radius 3 is 2.33 bits per heavy atom. The molecule has 0 radical (unpaired) electrons. The van der Waals surface area contributed by atoms with E-state index in [-0.39, 0.29) is 0 Å². The number of hydrogen-bond donors (Lipinski definition) is 2. The van der Waals surface area contributed by atoms with E-state index in [1.54, 1.807) is 0 Å². The first-order valence-electron chi connectivity index (χ1n) is 9.19. The number of benzene rings is 2. The maximum atomic E-state index is 12.1. The highest BCUT2D eigenvalue weighted by Gasteiger charge is 2.16. The Morgan fingerprint density at radius 2 is 1.67 bits per heavy atom. The standard InChI is InChI=1S/C21H26N4O2/c1-16-4-3-5-17(14-16)15-22-20(26)21(27)23-18-6-8-19(9-7-18)25-12-10-24(2)11-13-25/h3-9,14H,10-13,15H2,1-2H3,(H,22,26)(H,23,27). The summed E-state index contributed by atoms with van der Waals surface area (Å²) in [4.78, 5) is 28.7. The SMILES string of the molecule is Cc1cccc(CNC(=O)C(=O)Nc2ccc(N3CCN(C)CC3)cc2)c1. The van der Waals surface area contributed by atoms with E-state index >= 15 is 0 Å². The van der Waals surface area contributed by atoms with Gasteiger partial charge in [0.25, 0.3) is 0 Å². The zero-order valence-electron chi connectivity index (χ0n) is 15.9. The van der Waals surface area contributed by atoms with E-state index in [1.807, 2.05) is 55.5 Å². The normalized spacial score (nSPS) is 14.7. The van der Waals surface area contributed by atoms with Crippen molar-refractivity contribution in [3.05, 3.63) is 59.7 Å². The molecule has 0 aliphatic carbocycles. The average Bonchev–Trinajstić information content (AvgIpc) is 2.67. The molecular formula is C21H26N4O2. The Balaban J connectivity index is 1.50. The Kier molecular flexibility index (Phi) is 6.08. The van der Waals surface area contributed by atoms with Gasteiger partial charge in [-0.05, 0) is 43.8 Å². The van der Waals surface area contributed by atoms with Gasteiger partial charge in [0.2, 0.25) is 0 Å². The van der Waals surface area contributed by atoms with Gasteiger partial charge in [0.15, 0.2) is 0 Å². The summed E-state index contributed by atoms with van der Waals surface area (Å²) in [5, 5.41) is 5.30. The van der Waals surface area contributed by atoms with E-state index in [0.29, 0.717) is 12.2 Å². The molecule has 1 heterocycles. The number of carbonyl (C=O) groups is 2. The summed E-state index contributed by atoms with van der Waals surface area (Å²) in [6, 6.07) is 15.4. The lowest BCUT2D eigenvalue weighted by molar-refractivity contribution is -0.136. The van der Waals surface area contributed by atoms with Crippen LogP contribution in [-0.4, -0.2) is 49.9 Å². The monoisotopic (exact) mass is 366 g/mol. The van der Waals surface area contributed by atoms with Crippen LogP contribution in [0.15, 0.2) is 48.5 Å². The molecule has 0 atom stereocenters. The minimum absolute atomic E-state index is 0.330. The summed E-state index contributed by atoms with van der Waals surface area (Å²) >= 11 is 0. The first-order chi connectivity index (χ1) is 13.0.